The summed E-state index contributed by atoms with van der Waals surface area (Å²) >= 11 is 1.30. The van der Waals surface area contributed by atoms with Gasteiger partial charge in [0.05, 0.1) is 5.69 Å². The molecule has 14 heavy (non-hydrogen) atoms. The predicted molar refractivity (Wildman–Crippen MR) is 55.2 cm³/mol. The number of nitrogens with zero attached hydrogens (tertiary/aromatic N) is 1. The fourth-order valence-corrected chi connectivity index (χ4v) is 1.40. The van der Waals surface area contributed by atoms with E-state index in [1.807, 2.05) is 0 Å². The molecule has 0 aliphatic rings. The van der Waals surface area contributed by atoms with E-state index < -0.39 is 0 Å². The van der Waals surface area contributed by atoms with Crippen molar-refractivity contribution in [2.24, 2.45) is 0 Å². The highest BCUT2D eigenvalue weighted by Crippen LogP contribution is 2.08. The maximum atomic E-state index is 10.5. The Morgan fingerprint density at radius 3 is 3.07 bits per heavy atom. The normalized spacial score (nSPS) is 10.4. The van der Waals surface area contributed by atoms with Gasteiger partial charge in [-0.05, 0) is 6.08 Å². The summed E-state index contributed by atoms with van der Waals surface area (Å²) in [6.07, 6.45) is 4.26. The van der Waals surface area contributed by atoms with Gasteiger partial charge in [-0.3, -0.25) is 9.59 Å². The molecule has 0 bridgehead atoms. The molecular formula is C9H10N2O2S. The van der Waals surface area contributed by atoms with E-state index in [9.17, 15) is 9.59 Å². The van der Waals surface area contributed by atoms with Crippen LogP contribution in [-0.2, 0) is 4.79 Å². The number of aldehydes is 1. The van der Waals surface area contributed by atoms with Gasteiger partial charge in [0.25, 0.3) is 0 Å². The van der Waals surface area contributed by atoms with E-state index in [2.05, 4.69) is 10.3 Å². The van der Waals surface area contributed by atoms with Crippen molar-refractivity contribution in [3.63, 3.8) is 0 Å². The van der Waals surface area contributed by atoms with Gasteiger partial charge in [0.2, 0.25) is 5.91 Å². The van der Waals surface area contributed by atoms with Crippen LogP contribution in [0.15, 0.2) is 11.5 Å². The average molecular weight is 210 g/mol. The van der Waals surface area contributed by atoms with Crippen LogP contribution >= 0.6 is 11.3 Å². The summed E-state index contributed by atoms with van der Waals surface area (Å²) in [5, 5.41) is 4.86. The van der Waals surface area contributed by atoms with Gasteiger partial charge in [-0.25, -0.2) is 4.98 Å². The van der Waals surface area contributed by atoms with E-state index in [0.29, 0.717) is 11.6 Å². The molecule has 0 fully saturated rings. The van der Waals surface area contributed by atoms with Crippen LogP contribution in [0, 0.1) is 0 Å². The number of hydrogen-bond acceptors (Lipinski definition) is 4. The van der Waals surface area contributed by atoms with Crippen LogP contribution in [0.25, 0.3) is 6.08 Å². The lowest BCUT2D eigenvalue weighted by molar-refractivity contribution is -0.118. The van der Waals surface area contributed by atoms with E-state index in [1.165, 1.54) is 18.3 Å². The smallest absolute Gasteiger partial charge is 0.217 e. The highest BCUT2D eigenvalue weighted by Gasteiger charge is 1.95. The maximum absolute atomic E-state index is 10.5. The van der Waals surface area contributed by atoms with Gasteiger partial charge in [-0.15, -0.1) is 11.3 Å². The van der Waals surface area contributed by atoms with E-state index >= 15 is 0 Å². The van der Waals surface area contributed by atoms with E-state index in [1.54, 1.807) is 17.5 Å². The Labute approximate surface area is 85.7 Å². The molecule has 0 atom stereocenters. The van der Waals surface area contributed by atoms with Crippen LogP contribution in [-0.4, -0.2) is 23.7 Å². The topological polar surface area (TPSA) is 59.1 Å². The molecule has 0 radical (unpaired) electrons. The van der Waals surface area contributed by atoms with Gasteiger partial charge < -0.3 is 5.32 Å². The SMILES string of the molecule is CC(=O)NCC=Cc1csc(C=O)n1. The third-order valence-corrected chi connectivity index (χ3v) is 2.19. The predicted octanol–water partition coefficient (Wildman–Crippen LogP) is 1.10. The largest absolute Gasteiger partial charge is 0.353 e. The van der Waals surface area contributed by atoms with Gasteiger partial charge in [-0.1, -0.05) is 6.08 Å². The molecule has 0 unspecified atom stereocenters. The molecule has 1 aromatic heterocycles. The molecule has 1 aromatic rings. The first-order valence-electron chi connectivity index (χ1n) is 4.04. The highest BCUT2D eigenvalue weighted by molar-refractivity contribution is 7.11. The average Bonchev–Trinajstić information content (AvgIpc) is 2.60. The monoisotopic (exact) mass is 210 g/mol. The van der Waals surface area contributed by atoms with E-state index in [4.69, 9.17) is 0 Å². The Balaban J connectivity index is 2.43. The summed E-state index contributed by atoms with van der Waals surface area (Å²) in [6.45, 7) is 1.93. The molecule has 1 N–H and O–H groups in total. The van der Waals surface area contributed by atoms with E-state index in [0.717, 1.165) is 12.0 Å². The van der Waals surface area contributed by atoms with Gasteiger partial charge in [-0.2, -0.15) is 0 Å². The van der Waals surface area contributed by atoms with Crippen LogP contribution < -0.4 is 5.32 Å². The molecule has 0 aliphatic heterocycles. The number of carbonyl (C=O) groups is 2. The Kier molecular flexibility index (Phi) is 4.00. The number of thiazole rings is 1. The Bertz CT molecular complexity index is 357. The van der Waals surface area contributed by atoms with Gasteiger partial charge in [0, 0.05) is 18.8 Å². The number of rotatable bonds is 4. The molecule has 1 rings (SSSR count). The second kappa shape index (κ2) is 5.29. The van der Waals surface area contributed by atoms with Crippen molar-refractivity contribution >= 4 is 29.6 Å². The molecule has 0 saturated heterocycles. The minimum Gasteiger partial charge on any atom is -0.353 e. The molecule has 0 aromatic carbocycles. The van der Waals surface area contributed by atoms with Crippen molar-refractivity contribution in [2.75, 3.05) is 6.54 Å². The second-order valence-electron chi connectivity index (χ2n) is 2.57. The first-order chi connectivity index (χ1) is 6.72. The summed E-state index contributed by atoms with van der Waals surface area (Å²) in [7, 11) is 0. The zero-order chi connectivity index (χ0) is 10.4. The summed E-state index contributed by atoms with van der Waals surface area (Å²) in [5.74, 6) is -0.0680. The Morgan fingerprint density at radius 1 is 1.71 bits per heavy atom. The maximum Gasteiger partial charge on any atom is 0.217 e. The molecule has 5 heteroatoms. The second-order valence-corrected chi connectivity index (χ2v) is 3.46. The minimum absolute atomic E-state index is 0.0680. The van der Waals surface area contributed by atoms with Crippen LogP contribution in [0.2, 0.25) is 0 Å². The molecule has 74 valence electrons. The standard InChI is InChI=1S/C9H10N2O2S/c1-7(13)10-4-2-3-8-6-14-9(5-12)11-8/h2-3,5-6H,4H2,1H3,(H,10,13). The third-order valence-electron chi connectivity index (χ3n) is 1.40. The van der Waals surface area contributed by atoms with Crippen LogP contribution in [0.5, 0.6) is 0 Å². The number of carbonyl (C=O) groups excluding carboxylic acids is 2. The van der Waals surface area contributed by atoms with Crippen molar-refractivity contribution in [2.45, 2.75) is 6.92 Å². The molecule has 4 nitrogen and oxygen atoms in total. The molecule has 1 amide bonds. The van der Waals surface area contributed by atoms with Gasteiger partial charge in [0.1, 0.15) is 0 Å². The number of nitrogens with one attached hydrogen (secondary N) is 1. The van der Waals surface area contributed by atoms with Crippen molar-refractivity contribution in [3.05, 3.63) is 22.2 Å². The first kappa shape index (κ1) is 10.6. The van der Waals surface area contributed by atoms with Crippen molar-refractivity contribution in [1.29, 1.82) is 0 Å². The summed E-state index contributed by atoms with van der Waals surface area (Å²) in [5.41, 5.74) is 0.738. The van der Waals surface area contributed by atoms with Crippen LogP contribution in [0.4, 0.5) is 0 Å². The summed E-state index contributed by atoms with van der Waals surface area (Å²) in [4.78, 5) is 24.8. The lowest BCUT2D eigenvalue weighted by Crippen LogP contribution is -2.19. The Hall–Kier alpha value is -1.49. The molecule has 1 heterocycles. The highest BCUT2D eigenvalue weighted by atomic mass is 32.1. The van der Waals surface area contributed by atoms with Crippen LogP contribution in [0.1, 0.15) is 22.4 Å². The summed E-state index contributed by atoms with van der Waals surface area (Å²) in [6, 6.07) is 0. The van der Waals surface area contributed by atoms with Crippen molar-refractivity contribution < 1.29 is 9.59 Å². The molecule has 0 spiro atoms. The fraction of sp³-hybridized carbons (Fsp3) is 0.222. The molecule has 0 aliphatic carbocycles. The fourth-order valence-electron chi connectivity index (χ4n) is 0.814. The zero-order valence-electron chi connectivity index (χ0n) is 7.69. The van der Waals surface area contributed by atoms with Gasteiger partial charge in [0.15, 0.2) is 11.3 Å². The third kappa shape index (κ3) is 3.49. The van der Waals surface area contributed by atoms with Gasteiger partial charge >= 0.3 is 0 Å². The lowest BCUT2D eigenvalue weighted by atomic mass is 10.4. The number of aromatic nitrogens is 1. The quantitative estimate of drug-likeness (QED) is 0.757. The van der Waals surface area contributed by atoms with Crippen LogP contribution in [0.3, 0.4) is 0 Å². The minimum atomic E-state index is -0.0680. The zero-order valence-corrected chi connectivity index (χ0v) is 8.50. The molecular weight excluding hydrogens is 200 g/mol. The lowest BCUT2D eigenvalue weighted by Gasteiger charge is -1.92. The summed E-state index contributed by atoms with van der Waals surface area (Å²) < 4.78 is 0. The number of hydrogen-bond donors (Lipinski definition) is 1. The van der Waals surface area contributed by atoms with Crippen molar-refractivity contribution in [3.8, 4) is 0 Å². The Morgan fingerprint density at radius 2 is 2.50 bits per heavy atom. The molecule has 0 saturated carbocycles. The van der Waals surface area contributed by atoms with Crippen molar-refractivity contribution in [1.82, 2.24) is 10.3 Å². The number of amides is 1. The van der Waals surface area contributed by atoms with E-state index in [-0.39, 0.29) is 5.91 Å². The first-order valence-corrected chi connectivity index (χ1v) is 4.92.